The van der Waals surface area contributed by atoms with Crippen molar-refractivity contribution in [3.63, 3.8) is 0 Å². The Kier molecular flexibility index (Phi) is 7.73. The summed E-state index contributed by atoms with van der Waals surface area (Å²) < 4.78 is 21.7. The lowest BCUT2D eigenvalue weighted by Gasteiger charge is -2.31. The van der Waals surface area contributed by atoms with E-state index in [1.165, 1.54) is 6.07 Å². The third kappa shape index (κ3) is 5.52. The molecule has 10 heteroatoms. The van der Waals surface area contributed by atoms with Gasteiger partial charge in [-0.3, -0.25) is 9.59 Å². The fourth-order valence-electron chi connectivity index (χ4n) is 4.60. The van der Waals surface area contributed by atoms with Crippen molar-refractivity contribution in [2.24, 2.45) is 0 Å². The number of nitrogens with zero attached hydrogens (tertiary/aromatic N) is 1. The first kappa shape index (κ1) is 25.2. The minimum absolute atomic E-state index is 0.00496. The lowest BCUT2D eigenvalue weighted by atomic mass is 9.97. The molecule has 0 spiro atoms. The lowest BCUT2D eigenvalue weighted by molar-refractivity contribution is 0.0685. The van der Waals surface area contributed by atoms with Crippen LogP contribution in [0.3, 0.4) is 0 Å². The van der Waals surface area contributed by atoms with Gasteiger partial charge >= 0.3 is 0 Å². The molecule has 1 aromatic heterocycles. The Labute approximate surface area is 204 Å². The number of amides is 1. The number of carbonyl (C=O) groups excluding carboxylic acids is 1. The normalized spacial score (nSPS) is 18.3. The van der Waals surface area contributed by atoms with Crippen LogP contribution in [0, 0.1) is 6.92 Å². The van der Waals surface area contributed by atoms with Crippen LogP contribution in [0.25, 0.3) is 0 Å². The molecule has 7 nitrogen and oxygen atoms in total. The zero-order valence-electron chi connectivity index (χ0n) is 19.6. The van der Waals surface area contributed by atoms with E-state index in [0.717, 1.165) is 37.1 Å². The van der Waals surface area contributed by atoms with Crippen molar-refractivity contribution in [1.29, 1.82) is 0 Å². The van der Waals surface area contributed by atoms with Crippen molar-refractivity contribution < 1.29 is 13.9 Å². The topological polar surface area (TPSA) is 84.4 Å². The van der Waals surface area contributed by atoms with Gasteiger partial charge in [0.15, 0.2) is 5.15 Å². The predicted molar refractivity (Wildman–Crippen MR) is 139 cm³/mol. The van der Waals surface area contributed by atoms with Crippen LogP contribution >= 0.6 is 18.5 Å². The van der Waals surface area contributed by atoms with Crippen LogP contribution in [0.1, 0.15) is 58.9 Å². The highest BCUT2D eigenvalue weighted by molar-refractivity contribution is 7.38. The SMILES string of the molecule is Cc1c([C@@H](C)NC(=O)c2cn(C3CCOCC3)c(=O)cc2NC2CNC2)cccc1C(F)(P)P. The lowest BCUT2D eigenvalue weighted by Crippen LogP contribution is -2.52. The monoisotopic (exact) mass is 506 g/mol. The molecule has 3 atom stereocenters. The van der Waals surface area contributed by atoms with Gasteiger partial charge in [-0.25, -0.2) is 4.39 Å². The van der Waals surface area contributed by atoms with E-state index in [1.807, 2.05) is 19.9 Å². The largest absolute Gasteiger partial charge is 0.381 e. The highest BCUT2D eigenvalue weighted by Gasteiger charge is 2.27. The van der Waals surface area contributed by atoms with Gasteiger partial charge in [-0.05, 0) is 43.4 Å². The van der Waals surface area contributed by atoms with Crippen LogP contribution in [0.2, 0.25) is 0 Å². The molecule has 4 rings (SSSR count). The maximum Gasteiger partial charge on any atom is 0.255 e. The number of benzene rings is 1. The van der Waals surface area contributed by atoms with Crippen molar-refractivity contribution in [2.45, 2.75) is 50.0 Å². The third-order valence-electron chi connectivity index (χ3n) is 6.65. The molecule has 184 valence electrons. The molecule has 0 bridgehead atoms. The van der Waals surface area contributed by atoms with Crippen LogP contribution in [-0.2, 0) is 9.89 Å². The Balaban J connectivity index is 1.64. The van der Waals surface area contributed by atoms with Crippen molar-refractivity contribution in [2.75, 3.05) is 31.6 Å². The summed E-state index contributed by atoms with van der Waals surface area (Å²) in [5.74, 6) is -0.281. The Hall–Kier alpha value is -1.85. The Morgan fingerprint density at radius 2 is 2.00 bits per heavy atom. The summed E-state index contributed by atoms with van der Waals surface area (Å²) in [6, 6.07) is 6.78. The molecule has 2 aromatic rings. The van der Waals surface area contributed by atoms with Crippen LogP contribution < -0.4 is 21.5 Å². The number of pyridine rings is 1. The molecule has 2 unspecified atom stereocenters. The number of hydrogen-bond donors (Lipinski definition) is 3. The van der Waals surface area contributed by atoms with E-state index in [2.05, 4.69) is 34.4 Å². The molecule has 3 N–H and O–H groups in total. The average molecular weight is 506 g/mol. The first-order valence-corrected chi connectivity index (χ1v) is 12.8. The van der Waals surface area contributed by atoms with E-state index in [0.29, 0.717) is 30.0 Å². The number of anilines is 1. The molecule has 1 amide bonds. The molecule has 0 radical (unpaired) electrons. The maximum absolute atomic E-state index is 14.6. The highest BCUT2D eigenvalue weighted by Crippen LogP contribution is 2.42. The van der Waals surface area contributed by atoms with Gasteiger partial charge in [0.05, 0.1) is 23.3 Å². The smallest absolute Gasteiger partial charge is 0.255 e. The molecular formula is C24H33FN4O3P2. The fourth-order valence-corrected chi connectivity index (χ4v) is 5.22. The summed E-state index contributed by atoms with van der Waals surface area (Å²) in [6.45, 7) is 6.49. The molecule has 0 aliphatic carbocycles. The average Bonchev–Trinajstić information content (AvgIpc) is 2.76. The van der Waals surface area contributed by atoms with Gasteiger partial charge in [0.1, 0.15) is 0 Å². The van der Waals surface area contributed by atoms with Crippen LogP contribution in [-0.4, -0.2) is 42.8 Å². The molecule has 2 aliphatic rings. The summed E-state index contributed by atoms with van der Waals surface area (Å²) in [5, 5.41) is 7.95. The first-order valence-electron chi connectivity index (χ1n) is 11.6. The standard InChI is InChI=1S/C24H33FN4O3P2/c1-14-18(4-3-5-20(14)24(25,33)34)15(2)27-23(31)19-13-29(17-6-8-32-9-7-17)22(30)10-21(19)28-16-11-26-12-16/h3-5,10,13,15-17,26,28H,6-9,11-12,33-34H2,1-2H3,(H,27,31)/t15-/m1/s1. The maximum atomic E-state index is 14.6. The second kappa shape index (κ2) is 10.4. The predicted octanol–water partition coefficient (Wildman–Crippen LogP) is 3.21. The van der Waals surface area contributed by atoms with Crippen LogP contribution in [0.4, 0.5) is 10.1 Å². The fraction of sp³-hybridized carbons (Fsp3) is 0.500. The first-order chi connectivity index (χ1) is 16.1. The molecule has 34 heavy (non-hydrogen) atoms. The highest BCUT2D eigenvalue weighted by atomic mass is 31.1. The van der Waals surface area contributed by atoms with Gasteiger partial charge in [0, 0.05) is 44.6 Å². The van der Waals surface area contributed by atoms with Gasteiger partial charge in [0.25, 0.3) is 11.5 Å². The van der Waals surface area contributed by atoms with Gasteiger partial charge in [0.2, 0.25) is 0 Å². The molecule has 0 saturated carbocycles. The van der Waals surface area contributed by atoms with E-state index in [9.17, 15) is 14.0 Å². The minimum atomic E-state index is -1.64. The molecule has 2 saturated heterocycles. The zero-order chi connectivity index (χ0) is 24.5. The van der Waals surface area contributed by atoms with Gasteiger partial charge in [-0.2, -0.15) is 0 Å². The van der Waals surface area contributed by atoms with E-state index < -0.39 is 5.15 Å². The van der Waals surface area contributed by atoms with Gasteiger partial charge < -0.3 is 25.3 Å². The van der Waals surface area contributed by atoms with E-state index in [-0.39, 0.29) is 29.6 Å². The summed E-state index contributed by atoms with van der Waals surface area (Å²) >= 11 is 0. The summed E-state index contributed by atoms with van der Waals surface area (Å²) in [7, 11) is 4.39. The van der Waals surface area contributed by atoms with Gasteiger partial charge in [-0.15, -0.1) is 0 Å². The number of aromatic nitrogens is 1. The number of rotatable bonds is 7. The number of halogens is 1. The summed E-state index contributed by atoms with van der Waals surface area (Å²) in [5.41, 5.74) is 2.99. The van der Waals surface area contributed by atoms with E-state index in [4.69, 9.17) is 4.74 Å². The van der Waals surface area contributed by atoms with Crippen molar-refractivity contribution in [3.8, 4) is 0 Å². The number of ether oxygens (including phenoxy) is 1. The number of hydrogen-bond acceptors (Lipinski definition) is 5. The van der Waals surface area contributed by atoms with E-state index in [1.54, 1.807) is 22.9 Å². The molecule has 2 fully saturated rings. The molecular weight excluding hydrogens is 473 g/mol. The molecule has 2 aliphatic heterocycles. The van der Waals surface area contributed by atoms with Crippen LogP contribution in [0.5, 0.6) is 0 Å². The third-order valence-corrected chi connectivity index (χ3v) is 7.28. The van der Waals surface area contributed by atoms with E-state index >= 15 is 0 Å². The number of nitrogens with one attached hydrogen (secondary N) is 3. The van der Waals surface area contributed by atoms with Crippen molar-refractivity contribution >= 4 is 30.1 Å². The number of alkyl halides is 1. The molecule has 1 aromatic carbocycles. The van der Waals surface area contributed by atoms with Crippen molar-refractivity contribution in [1.82, 2.24) is 15.2 Å². The van der Waals surface area contributed by atoms with Crippen molar-refractivity contribution in [3.05, 3.63) is 63.1 Å². The summed E-state index contributed by atoms with van der Waals surface area (Å²) in [4.78, 5) is 26.4. The molecule has 3 heterocycles. The summed E-state index contributed by atoms with van der Waals surface area (Å²) in [6.07, 6.45) is 3.14. The number of carbonyl (C=O) groups is 1. The second-order valence-corrected chi connectivity index (χ2v) is 11.5. The van der Waals surface area contributed by atoms with Gasteiger partial charge in [-0.1, -0.05) is 36.7 Å². The second-order valence-electron chi connectivity index (χ2n) is 9.17. The Morgan fingerprint density at radius 3 is 2.62 bits per heavy atom. The minimum Gasteiger partial charge on any atom is -0.381 e. The zero-order valence-corrected chi connectivity index (χ0v) is 21.9. The van der Waals surface area contributed by atoms with Crippen LogP contribution in [0.15, 0.2) is 35.3 Å². The Morgan fingerprint density at radius 1 is 1.29 bits per heavy atom. The quantitative estimate of drug-likeness (QED) is 0.503. The Bertz CT molecular complexity index is 1110.